The minimum absolute atomic E-state index is 0.0187. The first-order valence-corrected chi connectivity index (χ1v) is 9.48. The second kappa shape index (κ2) is 7.57. The molecule has 1 N–H and O–H groups in total. The highest BCUT2D eigenvalue weighted by Crippen LogP contribution is 2.41. The quantitative estimate of drug-likeness (QED) is 0.757. The Morgan fingerprint density at radius 3 is 2.71 bits per heavy atom. The summed E-state index contributed by atoms with van der Waals surface area (Å²) >= 11 is 7.38. The van der Waals surface area contributed by atoms with E-state index < -0.39 is 0 Å². The van der Waals surface area contributed by atoms with Gasteiger partial charge in [-0.25, -0.2) is 0 Å². The zero-order valence-corrected chi connectivity index (χ0v) is 15.3. The first kappa shape index (κ1) is 17.3. The number of nitrogens with zero attached hydrogens (tertiary/aromatic N) is 3. The summed E-state index contributed by atoms with van der Waals surface area (Å²) in [7, 11) is 0. The Balaban J connectivity index is 1.60. The van der Waals surface area contributed by atoms with Crippen molar-refractivity contribution < 1.29 is 4.79 Å². The largest absolute Gasteiger partial charge is 0.348 e. The molecule has 5 nitrogen and oxygen atoms in total. The van der Waals surface area contributed by atoms with Gasteiger partial charge in [0.2, 0.25) is 5.91 Å². The number of amides is 1. The van der Waals surface area contributed by atoms with E-state index in [-0.39, 0.29) is 18.0 Å². The van der Waals surface area contributed by atoms with Gasteiger partial charge in [0.1, 0.15) is 6.33 Å². The normalized spacial score (nSPS) is 15.5. The number of carbonyl (C=O) groups excluding carboxylic acids is 1. The molecule has 0 saturated heterocycles. The first-order chi connectivity index (χ1) is 11.5. The Kier molecular flexibility index (Phi) is 5.46. The fourth-order valence-corrected chi connectivity index (χ4v) is 3.59. The Morgan fingerprint density at radius 2 is 2.08 bits per heavy atom. The van der Waals surface area contributed by atoms with Gasteiger partial charge >= 0.3 is 0 Å². The predicted molar refractivity (Wildman–Crippen MR) is 96.2 cm³/mol. The molecule has 128 valence electrons. The summed E-state index contributed by atoms with van der Waals surface area (Å²) in [6, 6.07) is 8.08. The van der Waals surface area contributed by atoms with Gasteiger partial charge in [-0.1, -0.05) is 35.5 Å². The van der Waals surface area contributed by atoms with Gasteiger partial charge in [0.25, 0.3) is 0 Å². The van der Waals surface area contributed by atoms with Crippen LogP contribution in [0.15, 0.2) is 35.7 Å². The van der Waals surface area contributed by atoms with Crippen molar-refractivity contribution in [3.05, 3.63) is 41.2 Å². The van der Waals surface area contributed by atoms with Crippen molar-refractivity contribution in [3.8, 4) is 0 Å². The number of hydrogen-bond acceptors (Lipinski definition) is 4. The van der Waals surface area contributed by atoms with E-state index in [1.807, 2.05) is 28.8 Å². The van der Waals surface area contributed by atoms with Crippen LogP contribution in [0.1, 0.15) is 44.3 Å². The maximum atomic E-state index is 12.4. The van der Waals surface area contributed by atoms with E-state index in [1.165, 1.54) is 11.8 Å². The molecule has 0 spiro atoms. The van der Waals surface area contributed by atoms with E-state index in [9.17, 15) is 4.79 Å². The van der Waals surface area contributed by atoms with Crippen LogP contribution in [-0.4, -0.2) is 26.4 Å². The molecule has 1 aliphatic rings. The zero-order valence-electron chi connectivity index (χ0n) is 13.8. The number of aromatic nitrogens is 3. The van der Waals surface area contributed by atoms with Crippen LogP contribution in [0.4, 0.5) is 0 Å². The maximum absolute atomic E-state index is 12.4. The summed E-state index contributed by atoms with van der Waals surface area (Å²) in [5.74, 6) is 0.881. The highest BCUT2D eigenvalue weighted by molar-refractivity contribution is 7.99. The molecule has 24 heavy (non-hydrogen) atoms. The van der Waals surface area contributed by atoms with Crippen LogP contribution in [-0.2, 0) is 4.79 Å². The molecule has 2 aromatic rings. The summed E-state index contributed by atoms with van der Waals surface area (Å²) in [4.78, 5) is 12.4. The van der Waals surface area contributed by atoms with Gasteiger partial charge < -0.3 is 9.88 Å². The van der Waals surface area contributed by atoms with E-state index in [2.05, 4.69) is 29.4 Å². The van der Waals surface area contributed by atoms with Gasteiger partial charge in [-0.2, -0.15) is 0 Å². The first-order valence-electron chi connectivity index (χ1n) is 8.11. The van der Waals surface area contributed by atoms with Gasteiger partial charge in [-0.15, -0.1) is 10.2 Å². The number of carbonyl (C=O) groups is 1. The van der Waals surface area contributed by atoms with Gasteiger partial charge in [-0.05, 0) is 50.3 Å². The number of halogens is 1. The lowest BCUT2D eigenvalue weighted by Crippen LogP contribution is -2.31. The van der Waals surface area contributed by atoms with E-state index in [1.54, 1.807) is 6.33 Å². The molecule has 1 aliphatic carbocycles. The second-order valence-corrected chi connectivity index (χ2v) is 7.72. The molecule has 1 atom stereocenters. The molecule has 0 radical (unpaired) electrons. The number of rotatable bonds is 7. The molecule has 3 rings (SSSR count). The third kappa shape index (κ3) is 4.30. The van der Waals surface area contributed by atoms with Gasteiger partial charge in [0.05, 0.1) is 11.8 Å². The Morgan fingerprint density at radius 1 is 1.38 bits per heavy atom. The van der Waals surface area contributed by atoms with Crippen LogP contribution in [0.5, 0.6) is 0 Å². The van der Waals surface area contributed by atoms with E-state index in [4.69, 9.17) is 11.6 Å². The van der Waals surface area contributed by atoms with Crippen molar-refractivity contribution in [2.75, 3.05) is 5.75 Å². The van der Waals surface area contributed by atoms with Gasteiger partial charge in [0.15, 0.2) is 5.16 Å². The van der Waals surface area contributed by atoms with E-state index >= 15 is 0 Å². The highest BCUT2D eigenvalue weighted by atomic mass is 35.5. The van der Waals surface area contributed by atoms with Gasteiger partial charge in [-0.3, -0.25) is 4.79 Å². The van der Waals surface area contributed by atoms with Crippen molar-refractivity contribution in [1.82, 2.24) is 20.1 Å². The number of benzene rings is 1. The topological polar surface area (TPSA) is 59.8 Å². The lowest BCUT2D eigenvalue weighted by atomic mass is 10.0. The second-order valence-electron chi connectivity index (χ2n) is 6.34. The molecule has 1 unspecified atom stereocenters. The van der Waals surface area contributed by atoms with Crippen molar-refractivity contribution in [3.63, 3.8) is 0 Å². The third-order valence-corrected chi connectivity index (χ3v) is 5.28. The highest BCUT2D eigenvalue weighted by Gasteiger charge is 2.33. The van der Waals surface area contributed by atoms with Crippen molar-refractivity contribution in [2.45, 2.75) is 43.9 Å². The zero-order chi connectivity index (χ0) is 17.1. The fraction of sp³-hybridized carbons (Fsp3) is 0.471. The molecular formula is C17H21ClN4OS. The average molecular weight is 365 g/mol. The van der Waals surface area contributed by atoms with Crippen LogP contribution < -0.4 is 5.32 Å². The molecule has 1 heterocycles. The SMILES string of the molecule is CC(C)n1cnnc1SCC(=O)NC(c1ccc(Cl)cc1)C1CC1. The summed E-state index contributed by atoms with van der Waals surface area (Å²) < 4.78 is 1.97. The van der Waals surface area contributed by atoms with E-state index in [0.717, 1.165) is 23.6 Å². The standard InChI is InChI=1S/C17H21ClN4OS/c1-11(2)22-10-19-21-17(22)24-9-15(23)20-16(12-3-4-12)13-5-7-14(18)8-6-13/h5-8,10-12,16H,3-4,9H2,1-2H3,(H,20,23). The maximum Gasteiger partial charge on any atom is 0.230 e. The molecule has 1 aromatic carbocycles. The molecule has 0 bridgehead atoms. The molecule has 1 amide bonds. The smallest absolute Gasteiger partial charge is 0.230 e. The summed E-state index contributed by atoms with van der Waals surface area (Å²) in [6.45, 7) is 4.13. The van der Waals surface area contributed by atoms with Gasteiger partial charge in [0, 0.05) is 11.1 Å². The summed E-state index contributed by atoms with van der Waals surface area (Å²) in [5.41, 5.74) is 1.12. The van der Waals surface area contributed by atoms with Crippen LogP contribution in [0.2, 0.25) is 5.02 Å². The molecular weight excluding hydrogens is 344 g/mol. The van der Waals surface area contributed by atoms with Crippen molar-refractivity contribution in [2.24, 2.45) is 5.92 Å². The molecule has 1 aromatic heterocycles. The van der Waals surface area contributed by atoms with Crippen molar-refractivity contribution in [1.29, 1.82) is 0 Å². The van der Waals surface area contributed by atoms with Crippen LogP contribution in [0.25, 0.3) is 0 Å². The van der Waals surface area contributed by atoms with E-state index in [0.29, 0.717) is 16.7 Å². The minimum Gasteiger partial charge on any atom is -0.348 e. The molecule has 1 fully saturated rings. The molecule has 1 saturated carbocycles. The monoisotopic (exact) mass is 364 g/mol. The van der Waals surface area contributed by atoms with Crippen LogP contribution >= 0.6 is 23.4 Å². The lowest BCUT2D eigenvalue weighted by Gasteiger charge is -2.19. The predicted octanol–water partition coefficient (Wildman–Crippen LogP) is 3.87. The number of thioether (sulfide) groups is 1. The lowest BCUT2D eigenvalue weighted by molar-refractivity contribution is -0.119. The summed E-state index contributed by atoms with van der Waals surface area (Å²) in [5, 5.41) is 12.7. The van der Waals surface area contributed by atoms with Crippen molar-refractivity contribution >= 4 is 29.3 Å². The Labute approximate surface area is 151 Å². The fourth-order valence-electron chi connectivity index (χ4n) is 2.61. The number of hydrogen-bond donors (Lipinski definition) is 1. The molecule has 0 aliphatic heterocycles. The molecule has 7 heteroatoms. The minimum atomic E-state index is 0.0187. The summed E-state index contributed by atoms with van der Waals surface area (Å²) in [6.07, 6.45) is 4.01. The Bertz CT molecular complexity index is 697. The number of nitrogens with one attached hydrogen (secondary N) is 1. The van der Waals surface area contributed by atoms with Crippen LogP contribution in [0, 0.1) is 5.92 Å². The van der Waals surface area contributed by atoms with Crippen LogP contribution in [0.3, 0.4) is 0 Å². The average Bonchev–Trinajstić information content (AvgIpc) is 3.28. The Hall–Kier alpha value is -1.53. The third-order valence-electron chi connectivity index (χ3n) is 4.07.